The minimum Gasteiger partial charge on any atom is -0.312 e. The molecule has 1 aliphatic heterocycles. The maximum Gasteiger partial charge on any atom is 0.0210 e. The van der Waals surface area contributed by atoms with E-state index in [0.717, 1.165) is 18.1 Å². The zero-order valence-electron chi connectivity index (χ0n) is 12.3. The average Bonchev–Trinajstić information content (AvgIpc) is 3.12. The Labute approximate surface area is 113 Å². The first-order valence-corrected chi connectivity index (χ1v) is 8.15. The van der Waals surface area contributed by atoms with Crippen LogP contribution in [0.2, 0.25) is 0 Å². The zero-order chi connectivity index (χ0) is 12.6. The van der Waals surface area contributed by atoms with Crippen LogP contribution < -0.4 is 5.32 Å². The highest BCUT2D eigenvalue weighted by Gasteiger charge is 2.39. The molecule has 0 radical (unpaired) electrons. The van der Waals surface area contributed by atoms with Gasteiger partial charge >= 0.3 is 0 Å². The van der Waals surface area contributed by atoms with E-state index in [1.807, 2.05) is 0 Å². The van der Waals surface area contributed by atoms with Crippen LogP contribution in [0.5, 0.6) is 0 Å². The number of hydrogen-bond donors (Lipinski definition) is 1. The molecule has 0 bridgehead atoms. The summed E-state index contributed by atoms with van der Waals surface area (Å²) in [6, 6.07) is 2.52. The molecule has 2 heteroatoms. The van der Waals surface area contributed by atoms with Crippen molar-refractivity contribution >= 4 is 0 Å². The topological polar surface area (TPSA) is 15.3 Å². The molecule has 2 aliphatic carbocycles. The van der Waals surface area contributed by atoms with Gasteiger partial charge in [-0.25, -0.2) is 0 Å². The largest absolute Gasteiger partial charge is 0.312 e. The van der Waals surface area contributed by atoms with E-state index in [0.29, 0.717) is 5.41 Å². The maximum atomic E-state index is 3.89. The van der Waals surface area contributed by atoms with Gasteiger partial charge in [-0.2, -0.15) is 0 Å². The molecule has 1 N–H and O–H groups in total. The quantitative estimate of drug-likeness (QED) is 0.824. The monoisotopic (exact) mass is 250 g/mol. The van der Waals surface area contributed by atoms with Crippen LogP contribution in [0, 0.1) is 5.41 Å². The number of rotatable bonds is 4. The van der Waals surface area contributed by atoms with Crippen molar-refractivity contribution in [2.45, 2.75) is 83.3 Å². The van der Waals surface area contributed by atoms with E-state index in [9.17, 15) is 0 Å². The van der Waals surface area contributed by atoms with Crippen LogP contribution in [0.15, 0.2) is 0 Å². The highest BCUT2D eigenvalue weighted by atomic mass is 15.3. The van der Waals surface area contributed by atoms with Gasteiger partial charge in [0.05, 0.1) is 0 Å². The Morgan fingerprint density at radius 2 is 1.89 bits per heavy atom. The molecule has 3 rings (SSSR count). The van der Waals surface area contributed by atoms with Gasteiger partial charge in [0.2, 0.25) is 0 Å². The normalized spacial score (nSPS) is 37.0. The van der Waals surface area contributed by atoms with Crippen molar-refractivity contribution in [2.24, 2.45) is 5.41 Å². The predicted octanol–water partition coefficient (Wildman–Crippen LogP) is 3.17. The van der Waals surface area contributed by atoms with Crippen molar-refractivity contribution in [2.75, 3.05) is 13.1 Å². The minimum atomic E-state index is 0.592. The van der Waals surface area contributed by atoms with Crippen molar-refractivity contribution in [1.82, 2.24) is 10.2 Å². The lowest BCUT2D eigenvalue weighted by Crippen LogP contribution is -2.41. The summed E-state index contributed by atoms with van der Waals surface area (Å²) in [5.41, 5.74) is 0.592. The molecule has 0 aromatic rings. The standard InChI is InChI=1S/C16H30N2/c1-13-10-14(11-18(13)15-6-7-15)17-12-16(2)8-4-3-5-9-16/h13-15,17H,3-12H2,1-2H3. The summed E-state index contributed by atoms with van der Waals surface area (Å²) in [5, 5.41) is 3.89. The molecule has 1 saturated heterocycles. The van der Waals surface area contributed by atoms with E-state index in [2.05, 4.69) is 24.1 Å². The van der Waals surface area contributed by atoms with Gasteiger partial charge in [0.25, 0.3) is 0 Å². The number of nitrogens with zero attached hydrogens (tertiary/aromatic N) is 1. The van der Waals surface area contributed by atoms with Gasteiger partial charge in [-0.3, -0.25) is 4.90 Å². The SMILES string of the molecule is CC1CC(NCC2(C)CCCCC2)CN1C1CC1. The molecule has 2 saturated carbocycles. The third-order valence-electron chi connectivity index (χ3n) is 5.52. The molecule has 2 atom stereocenters. The molecule has 0 amide bonds. The number of likely N-dealkylation sites (tertiary alicyclic amines) is 1. The molecule has 2 unspecified atom stereocenters. The Balaban J connectivity index is 1.45. The lowest BCUT2D eigenvalue weighted by molar-refractivity contribution is 0.198. The Hall–Kier alpha value is -0.0800. The third-order valence-corrected chi connectivity index (χ3v) is 5.52. The third kappa shape index (κ3) is 2.91. The summed E-state index contributed by atoms with van der Waals surface area (Å²) in [6.45, 7) is 7.48. The van der Waals surface area contributed by atoms with Gasteiger partial charge in [0.1, 0.15) is 0 Å². The Morgan fingerprint density at radius 1 is 1.17 bits per heavy atom. The van der Waals surface area contributed by atoms with Crippen LogP contribution in [-0.2, 0) is 0 Å². The van der Waals surface area contributed by atoms with Crippen LogP contribution in [0.25, 0.3) is 0 Å². The van der Waals surface area contributed by atoms with Crippen molar-refractivity contribution in [3.63, 3.8) is 0 Å². The summed E-state index contributed by atoms with van der Waals surface area (Å²) >= 11 is 0. The van der Waals surface area contributed by atoms with E-state index in [1.165, 1.54) is 64.5 Å². The molecule has 0 aromatic carbocycles. The second-order valence-electron chi connectivity index (χ2n) is 7.46. The fourth-order valence-electron chi connectivity index (χ4n) is 4.09. The smallest absolute Gasteiger partial charge is 0.0210 e. The summed E-state index contributed by atoms with van der Waals surface area (Å²) in [7, 11) is 0. The zero-order valence-corrected chi connectivity index (χ0v) is 12.3. The first-order valence-electron chi connectivity index (χ1n) is 8.15. The second kappa shape index (κ2) is 5.13. The molecule has 2 nitrogen and oxygen atoms in total. The molecule has 0 aromatic heterocycles. The minimum absolute atomic E-state index is 0.592. The number of nitrogens with one attached hydrogen (secondary N) is 1. The van der Waals surface area contributed by atoms with Crippen LogP contribution in [0.4, 0.5) is 0 Å². The molecular formula is C16H30N2. The Bertz CT molecular complexity index is 279. The summed E-state index contributed by atoms with van der Waals surface area (Å²) in [5.74, 6) is 0. The first-order chi connectivity index (χ1) is 8.66. The van der Waals surface area contributed by atoms with Crippen LogP contribution in [0.1, 0.15) is 65.2 Å². The summed E-state index contributed by atoms with van der Waals surface area (Å²) in [6.07, 6.45) is 11.5. The van der Waals surface area contributed by atoms with Crippen LogP contribution >= 0.6 is 0 Å². The maximum absolute atomic E-state index is 3.89. The van der Waals surface area contributed by atoms with E-state index in [-0.39, 0.29) is 0 Å². The molecular weight excluding hydrogens is 220 g/mol. The van der Waals surface area contributed by atoms with Gasteiger partial charge in [0, 0.05) is 31.2 Å². The predicted molar refractivity (Wildman–Crippen MR) is 76.8 cm³/mol. The van der Waals surface area contributed by atoms with E-state index in [4.69, 9.17) is 0 Å². The number of hydrogen-bond acceptors (Lipinski definition) is 2. The van der Waals surface area contributed by atoms with Gasteiger partial charge < -0.3 is 5.32 Å². The molecule has 3 fully saturated rings. The second-order valence-corrected chi connectivity index (χ2v) is 7.46. The highest BCUT2D eigenvalue weighted by molar-refractivity contribution is 4.96. The van der Waals surface area contributed by atoms with Gasteiger partial charge in [-0.15, -0.1) is 0 Å². The lowest BCUT2D eigenvalue weighted by Gasteiger charge is -2.35. The first kappa shape index (κ1) is 12.9. The lowest BCUT2D eigenvalue weighted by atomic mass is 9.75. The van der Waals surface area contributed by atoms with E-state index < -0.39 is 0 Å². The van der Waals surface area contributed by atoms with Gasteiger partial charge in [0.15, 0.2) is 0 Å². The molecule has 18 heavy (non-hydrogen) atoms. The van der Waals surface area contributed by atoms with Gasteiger partial charge in [-0.1, -0.05) is 26.2 Å². The van der Waals surface area contributed by atoms with Crippen molar-refractivity contribution in [3.05, 3.63) is 0 Å². The Kier molecular flexibility index (Phi) is 3.68. The molecule has 0 spiro atoms. The highest BCUT2D eigenvalue weighted by Crippen LogP contribution is 2.36. The molecule has 104 valence electrons. The van der Waals surface area contributed by atoms with Crippen LogP contribution in [-0.4, -0.2) is 36.1 Å². The van der Waals surface area contributed by atoms with Crippen LogP contribution in [0.3, 0.4) is 0 Å². The van der Waals surface area contributed by atoms with Crippen molar-refractivity contribution < 1.29 is 0 Å². The molecule has 1 heterocycles. The summed E-state index contributed by atoms with van der Waals surface area (Å²) in [4.78, 5) is 2.75. The Morgan fingerprint density at radius 3 is 2.56 bits per heavy atom. The van der Waals surface area contributed by atoms with Crippen molar-refractivity contribution in [3.8, 4) is 0 Å². The fraction of sp³-hybridized carbons (Fsp3) is 1.00. The van der Waals surface area contributed by atoms with Crippen molar-refractivity contribution in [1.29, 1.82) is 0 Å². The van der Waals surface area contributed by atoms with E-state index in [1.54, 1.807) is 0 Å². The van der Waals surface area contributed by atoms with Gasteiger partial charge in [-0.05, 0) is 44.4 Å². The average molecular weight is 250 g/mol. The molecule has 3 aliphatic rings. The van der Waals surface area contributed by atoms with E-state index >= 15 is 0 Å². The fourth-order valence-corrected chi connectivity index (χ4v) is 4.09. The summed E-state index contributed by atoms with van der Waals surface area (Å²) < 4.78 is 0.